The Hall–Kier alpha value is -2.78. The molecule has 3 N–H and O–H groups in total. The van der Waals surface area contributed by atoms with Crippen LogP contribution in [0.3, 0.4) is 0 Å². The molecule has 2 aromatic carbocycles. The first kappa shape index (κ1) is 18.6. The SMILES string of the molecule is COc1ccc(C(=O)Nc2cccc(S(N)(=O)=O)c2)c(OC)c1OC. The molecule has 0 bridgehead atoms. The summed E-state index contributed by atoms with van der Waals surface area (Å²) < 4.78 is 38.5. The number of nitrogens with one attached hydrogen (secondary N) is 1. The Morgan fingerprint density at radius 2 is 1.68 bits per heavy atom. The van der Waals surface area contributed by atoms with Crippen LogP contribution in [-0.2, 0) is 10.0 Å². The van der Waals surface area contributed by atoms with Gasteiger partial charge in [0, 0.05) is 5.69 Å². The van der Waals surface area contributed by atoms with Gasteiger partial charge in [-0.1, -0.05) is 6.07 Å². The Bertz CT molecular complexity index is 895. The Labute approximate surface area is 145 Å². The highest BCUT2D eigenvalue weighted by molar-refractivity contribution is 7.89. The summed E-state index contributed by atoms with van der Waals surface area (Å²) >= 11 is 0. The number of sulfonamides is 1. The normalized spacial score (nSPS) is 10.9. The minimum Gasteiger partial charge on any atom is -0.493 e. The van der Waals surface area contributed by atoms with Gasteiger partial charge in [0.25, 0.3) is 5.91 Å². The number of hydrogen-bond acceptors (Lipinski definition) is 6. The number of carbonyl (C=O) groups excluding carboxylic acids is 1. The maximum Gasteiger partial charge on any atom is 0.259 e. The lowest BCUT2D eigenvalue weighted by molar-refractivity contribution is 0.102. The maximum atomic E-state index is 12.6. The van der Waals surface area contributed by atoms with E-state index in [0.717, 1.165) is 0 Å². The van der Waals surface area contributed by atoms with Crippen LogP contribution in [0.4, 0.5) is 5.69 Å². The number of methoxy groups -OCH3 is 3. The van der Waals surface area contributed by atoms with Gasteiger partial charge in [0.1, 0.15) is 0 Å². The molecule has 134 valence electrons. The fraction of sp³-hybridized carbons (Fsp3) is 0.188. The van der Waals surface area contributed by atoms with Gasteiger partial charge in [-0.05, 0) is 30.3 Å². The molecule has 0 saturated heterocycles. The first-order valence-electron chi connectivity index (χ1n) is 7.05. The first-order valence-corrected chi connectivity index (χ1v) is 8.59. The van der Waals surface area contributed by atoms with Gasteiger partial charge in [0.2, 0.25) is 15.8 Å². The van der Waals surface area contributed by atoms with Crippen LogP contribution >= 0.6 is 0 Å². The standard InChI is InChI=1S/C16H18N2O6S/c1-22-13-8-7-12(14(23-2)15(13)24-3)16(19)18-10-5-4-6-11(9-10)25(17,20)21/h4-9H,1-3H3,(H,18,19)(H2,17,20,21). The van der Waals surface area contributed by atoms with Crippen molar-refractivity contribution < 1.29 is 27.4 Å². The zero-order chi connectivity index (χ0) is 18.6. The van der Waals surface area contributed by atoms with E-state index < -0.39 is 15.9 Å². The van der Waals surface area contributed by atoms with Gasteiger partial charge < -0.3 is 19.5 Å². The van der Waals surface area contributed by atoms with Crippen molar-refractivity contribution in [2.45, 2.75) is 4.90 Å². The first-order chi connectivity index (χ1) is 11.8. The zero-order valence-corrected chi connectivity index (χ0v) is 14.7. The number of hydrogen-bond donors (Lipinski definition) is 2. The number of ether oxygens (including phenoxy) is 3. The van der Waals surface area contributed by atoms with Gasteiger partial charge in [-0.15, -0.1) is 0 Å². The minimum atomic E-state index is -3.87. The number of anilines is 1. The number of benzene rings is 2. The van der Waals surface area contributed by atoms with Crippen molar-refractivity contribution >= 4 is 21.6 Å². The average molecular weight is 366 g/mol. The lowest BCUT2D eigenvalue weighted by Gasteiger charge is -2.15. The van der Waals surface area contributed by atoms with Crippen LogP contribution in [0.5, 0.6) is 17.2 Å². The lowest BCUT2D eigenvalue weighted by atomic mass is 10.1. The van der Waals surface area contributed by atoms with E-state index in [1.807, 2.05) is 0 Å². The van der Waals surface area contributed by atoms with Gasteiger partial charge in [0.15, 0.2) is 11.5 Å². The highest BCUT2D eigenvalue weighted by Gasteiger charge is 2.21. The second kappa shape index (κ2) is 7.41. The van der Waals surface area contributed by atoms with Crippen molar-refractivity contribution in [3.05, 3.63) is 42.0 Å². The molecule has 0 aliphatic carbocycles. The summed E-state index contributed by atoms with van der Waals surface area (Å²) in [5.41, 5.74) is 0.467. The van der Waals surface area contributed by atoms with Crippen molar-refractivity contribution in [2.75, 3.05) is 26.6 Å². The monoisotopic (exact) mass is 366 g/mol. The van der Waals surface area contributed by atoms with E-state index in [2.05, 4.69) is 5.32 Å². The summed E-state index contributed by atoms with van der Waals surface area (Å²) in [7, 11) is 0.424. The summed E-state index contributed by atoms with van der Waals surface area (Å²) in [6.07, 6.45) is 0. The average Bonchev–Trinajstić information content (AvgIpc) is 2.59. The van der Waals surface area contributed by atoms with E-state index in [9.17, 15) is 13.2 Å². The number of nitrogens with two attached hydrogens (primary N) is 1. The number of rotatable bonds is 6. The highest BCUT2D eigenvalue weighted by Crippen LogP contribution is 2.39. The molecule has 0 aromatic heterocycles. The Morgan fingerprint density at radius 3 is 2.24 bits per heavy atom. The third kappa shape index (κ3) is 4.01. The summed E-state index contributed by atoms with van der Waals surface area (Å²) in [6, 6.07) is 8.69. The van der Waals surface area contributed by atoms with Crippen molar-refractivity contribution in [1.82, 2.24) is 0 Å². The smallest absolute Gasteiger partial charge is 0.259 e. The van der Waals surface area contributed by atoms with E-state index >= 15 is 0 Å². The van der Waals surface area contributed by atoms with Crippen LogP contribution in [0.25, 0.3) is 0 Å². The van der Waals surface area contributed by atoms with Crippen LogP contribution < -0.4 is 24.7 Å². The van der Waals surface area contributed by atoms with E-state index in [-0.39, 0.29) is 27.6 Å². The van der Waals surface area contributed by atoms with Crippen LogP contribution in [0.15, 0.2) is 41.3 Å². The molecule has 0 aliphatic heterocycles. The molecule has 0 unspecified atom stereocenters. The molecule has 0 atom stereocenters. The minimum absolute atomic E-state index is 0.107. The van der Waals surface area contributed by atoms with Gasteiger partial charge in [-0.3, -0.25) is 4.79 Å². The Balaban J connectivity index is 2.39. The lowest BCUT2D eigenvalue weighted by Crippen LogP contribution is -2.15. The predicted molar refractivity (Wildman–Crippen MR) is 91.9 cm³/mol. The maximum absolute atomic E-state index is 12.6. The van der Waals surface area contributed by atoms with Crippen LogP contribution in [0.1, 0.15) is 10.4 Å². The molecule has 0 radical (unpaired) electrons. The van der Waals surface area contributed by atoms with E-state index in [0.29, 0.717) is 5.75 Å². The largest absolute Gasteiger partial charge is 0.493 e. The number of primary sulfonamides is 1. The molecule has 9 heteroatoms. The number of carbonyl (C=O) groups is 1. The number of amides is 1. The van der Waals surface area contributed by atoms with E-state index in [4.69, 9.17) is 19.3 Å². The van der Waals surface area contributed by atoms with E-state index in [1.54, 1.807) is 12.1 Å². The molecule has 0 aliphatic rings. The van der Waals surface area contributed by atoms with Crippen LogP contribution in [0, 0.1) is 0 Å². The predicted octanol–water partition coefficient (Wildman–Crippen LogP) is 1.61. The van der Waals surface area contributed by atoms with Crippen molar-refractivity contribution in [3.8, 4) is 17.2 Å². The van der Waals surface area contributed by atoms with Crippen molar-refractivity contribution in [2.24, 2.45) is 5.14 Å². The molecule has 1 amide bonds. The summed E-state index contributed by atoms with van der Waals surface area (Å²) in [5, 5.41) is 7.69. The zero-order valence-electron chi connectivity index (χ0n) is 13.9. The second-order valence-electron chi connectivity index (χ2n) is 4.91. The third-order valence-corrected chi connectivity index (χ3v) is 4.28. The second-order valence-corrected chi connectivity index (χ2v) is 6.47. The molecular formula is C16H18N2O6S. The van der Waals surface area contributed by atoms with Crippen LogP contribution in [-0.4, -0.2) is 35.7 Å². The van der Waals surface area contributed by atoms with Gasteiger partial charge in [-0.25, -0.2) is 13.6 Å². The van der Waals surface area contributed by atoms with Crippen molar-refractivity contribution in [3.63, 3.8) is 0 Å². The molecule has 2 rings (SSSR count). The molecule has 0 saturated carbocycles. The Kier molecular flexibility index (Phi) is 5.50. The summed E-state index contributed by atoms with van der Waals surface area (Å²) in [6.45, 7) is 0. The highest BCUT2D eigenvalue weighted by atomic mass is 32.2. The van der Waals surface area contributed by atoms with Gasteiger partial charge in [-0.2, -0.15) is 0 Å². The molecule has 0 fully saturated rings. The molecule has 0 heterocycles. The summed E-state index contributed by atoms with van der Waals surface area (Å²) in [4.78, 5) is 12.4. The topological polar surface area (TPSA) is 117 Å². The Morgan fingerprint density at radius 1 is 1.00 bits per heavy atom. The molecule has 0 spiro atoms. The van der Waals surface area contributed by atoms with Crippen molar-refractivity contribution in [1.29, 1.82) is 0 Å². The molecule has 8 nitrogen and oxygen atoms in total. The van der Waals surface area contributed by atoms with Gasteiger partial charge in [0.05, 0.1) is 31.8 Å². The van der Waals surface area contributed by atoms with E-state index in [1.165, 1.54) is 45.6 Å². The molecular weight excluding hydrogens is 348 g/mol. The van der Waals surface area contributed by atoms with Gasteiger partial charge >= 0.3 is 0 Å². The van der Waals surface area contributed by atoms with Crippen LogP contribution in [0.2, 0.25) is 0 Å². The molecule has 2 aromatic rings. The fourth-order valence-electron chi connectivity index (χ4n) is 2.23. The summed E-state index contributed by atoms with van der Waals surface area (Å²) in [5.74, 6) is 0.370. The molecule has 25 heavy (non-hydrogen) atoms. The fourth-order valence-corrected chi connectivity index (χ4v) is 2.79. The third-order valence-electron chi connectivity index (χ3n) is 3.37. The quantitative estimate of drug-likeness (QED) is 0.802.